The van der Waals surface area contributed by atoms with Crippen LogP contribution in [0, 0.1) is 5.82 Å². The van der Waals surface area contributed by atoms with Crippen LogP contribution in [-0.4, -0.2) is 75.4 Å². The van der Waals surface area contributed by atoms with Gasteiger partial charge in [-0.05, 0) is 60.0 Å². The lowest BCUT2D eigenvalue weighted by Crippen LogP contribution is -2.48. The van der Waals surface area contributed by atoms with Gasteiger partial charge >= 0.3 is 0 Å². The number of aliphatic hydroxyl groups excluding tert-OH is 1. The fourth-order valence-corrected chi connectivity index (χ4v) is 4.59. The highest BCUT2D eigenvalue weighted by Gasteiger charge is 2.34. The maximum absolute atomic E-state index is 13.6. The molecule has 1 saturated carbocycles. The van der Waals surface area contributed by atoms with Gasteiger partial charge in [0, 0.05) is 18.2 Å². The summed E-state index contributed by atoms with van der Waals surface area (Å²) < 4.78 is 24.0. The molecule has 2 amide bonds. The maximum atomic E-state index is 13.6. The highest BCUT2D eigenvalue weighted by Crippen LogP contribution is 2.33. The Morgan fingerprint density at radius 2 is 1.84 bits per heavy atom. The Labute approximate surface area is 219 Å². The van der Waals surface area contributed by atoms with Gasteiger partial charge in [0.25, 0.3) is 0 Å². The van der Waals surface area contributed by atoms with Crippen molar-refractivity contribution in [3.8, 4) is 22.9 Å². The molecule has 202 valence electrons. The Hall–Kier alpha value is -4.06. The van der Waals surface area contributed by atoms with E-state index in [2.05, 4.69) is 20.7 Å². The van der Waals surface area contributed by atoms with Crippen LogP contribution in [0.15, 0.2) is 42.5 Å². The molecule has 0 aliphatic heterocycles. The molecule has 0 saturated heterocycles. The molecule has 2 aromatic carbocycles. The van der Waals surface area contributed by atoms with Crippen molar-refractivity contribution in [2.45, 2.75) is 44.3 Å². The van der Waals surface area contributed by atoms with Crippen molar-refractivity contribution in [1.82, 2.24) is 30.4 Å². The number of nitrogens with one attached hydrogen (secondary N) is 1. The van der Waals surface area contributed by atoms with E-state index in [0.29, 0.717) is 22.6 Å². The van der Waals surface area contributed by atoms with Crippen molar-refractivity contribution in [2.75, 3.05) is 27.4 Å². The minimum absolute atomic E-state index is 0.0199. The van der Waals surface area contributed by atoms with Crippen LogP contribution >= 0.6 is 0 Å². The lowest BCUT2D eigenvalue weighted by atomic mass is 10.0. The molecular weight excluding hydrogens is 495 g/mol. The van der Waals surface area contributed by atoms with Crippen LogP contribution in [0.5, 0.6) is 11.5 Å². The number of aromatic nitrogens is 4. The fourth-order valence-electron chi connectivity index (χ4n) is 4.59. The van der Waals surface area contributed by atoms with Crippen molar-refractivity contribution in [1.29, 1.82) is 0 Å². The van der Waals surface area contributed by atoms with E-state index in [1.165, 1.54) is 43.4 Å². The first kappa shape index (κ1) is 27.0. The van der Waals surface area contributed by atoms with Crippen LogP contribution < -0.4 is 14.8 Å². The Balaban J connectivity index is 1.62. The number of aliphatic hydroxyl groups is 1. The number of tetrazole rings is 1. The number of halogens is 1. The van der Waals surface area contributed by atoms with Gasteiger partial charge in [0.15, 0.2) is 11.5 Å². The molecule has 0 bridgehead atoms. The quantitative estimate of drug-likeness (QED) is 0.388. The molecule has 4 rings (SSSR count). The number of amides is 2. The van der Waals surface area contributed by atoms with E-state index in [4.69, 9.17) is 9.47 Å². The Morgan fingerprint density at radius 1 is 1.13 bits per heavy atom. The highest BCUT2D eigenvalue weighted by atomic mass is 19.1. The summed E-state index contributed by atoms with van der Waals surface area (Å²) in [5.41, 5.74) is 1.04. The highest BCUT2D eigenvalue weighted by molar-refractivity contribution is 5.89. The van der Waals surface area contributed by atoms with Crippen molar-refractivity contribution < 1.29 is 28.6 Å². The van der Waals surface area contributed by atoms with Crippen LogP contribution in [0.2, 0.25) is 0 Å². The van der Waals surface area contributed by atoms with Crippen molar-refractivity contribution >= 4 is 11.8 Å². The number of carbonyl (C=O) groups excluding carboxylic acids is 2. The van der Waals surface area contributed by atoms with Crippen molar-refractivity contribution in [3.63, 3.8) is 0 Å². The van der Waals surface area contributed by atoms with Gasteiger partial charge in [-0.1, -0.05) is 18.9 Å². The van der Waals surface area contributed by atoms with Gasteiger partial charge in [-0.2, -0.15) is 4.80 Å². The number of nitrogens with zero attached hydrogens (tertiary/aromatic N) is 5. The number of hydrogen-bond acceptors (Lipinski definition) is 8. The number of carbonyl (C=O) groups is 2. The van der Waals surface area contributed by atoms with E-state index in [0.717, 1.165) is 30.5 Å². The summed E-state index contributed by atoms with van der Waals surface area (Å²) in [7, 11) is 3.00. The van der Waals surface area contributed by atoms with Crippen molar-refractivity contribution in [3.05, 3.63) is 53.8 Å². The molecular formula is C26H31FN6O5. The zero-order valence-corrected chi connectivity index (χ0v) is 21.3. The van der Waals surface area contributed by atoms with Crippen LogP contribution in [0.4, 0.5) is 4.39 Å². The number of methoxy groups -OCH3 is 2. The summed E-state index contributed by atoms with van der Waals surface area (Å²) in [5, 5.41) is 25.0. The SMILES string of the molecule is COc1ccc([C@H](C(=O)NC2CCCC2)N(CCO)C(=O)Cn2nnc(-c3ccc(F)cc3)n2)cc1OC. The molecule has 1 heterocycles. The second kappa shape index (κ2) is 12.5. The predicted molar refractivity (Wildman–Crippen MR) is 135 cm³/mol. The Kier molecular flexibility index (Phi) is 8.85. The summed E-state index contributed by atoms with van der Waals surface area (Å²) in [4.78, 5) is 29.5. The third-order valence-corrected chi connectivity index (χ3v) is 6.48. The first-order valence-corrected chi connectivity index (χ1v) is 12.4. The minimum Gasteiger partial charge on any atom is -0.493 e. The molecule has 1 fully saturated rings. The van der Waals surface area contributed by atoms with Gasteiger partial charge in [-0.3, -0.25) is 9.59 Å². The number of benzene rings is 2. The van der Waals surface area contributed by atoms with Crippen molar-refractivity contribution in [2.24, 2.45) is 0 Å². The number of rotatable bonds is 11. The molecule has 2 N–H and O–H groups in total. The standard InChI is InChI=1S/C26H31FN6O5/c1-37-21-12-9-18(15-22(21)38-2)24(26(36)28-20-5-3-4-6-20)32(13-14-34)23(35)16-33-30-25(29-31-33)17-7-10-19(27)11-8-17/h7-12,15,20,24,34H,3-6,13-14,16H2,1-2H3,(H,28,36)/t24-/m1/s1. The molecule has 1 aliphatic carbocycles. The summed E-state index contributed by atoms with van der Waals surface area (Å²) >= 11 is 0. The topological polar surface area (TPSA) is 132 Å². The molecule has 11 nitrogen and oxygen atoms in total. The van der Waals surface area contributed by atoms with E-state index < -0.39 is 17.8 Å². The van der Waals surface area contributed by atoms with Gasteiger partial charge < -0.3 is 24.8 Å². The minimum atomic E-state index is -1.05. The molecule has 12 heteroatoms. The maximum Gasteiger partial charge on any atom is 0.247 e. The molecule has 1 aromatic heterocycles. The third-order valence-electron chi connectivity index (χ3n) is 6.48. The first-order valence-electron chi connectivity index (χ1n) is 12.4. The molecule has 1 aliphatic rings. The number of hydrogen-bond donors (Lipinski definition) is 2. The van der Waals surface area contributed by atoms with Crippen LogP contribution in [0.3, 0.4) is 0 Å². The normalized spacial score (nSPS) is 14.2. The smallest absolute Gasteiger partial charge is 0.247 e. The Bertz CT molecular complexity index is 1250. The summed E-state index contributed by atoms with van der Waals surface area (Å²) in [6.45, 7) is -0.790. The molecule has 38 heavy (non-hydrogen) atoms. The molecule has 0 unspecified atom stereocenters. The molecule has 0 spiro atoms. The number of ether oxygens (including phenoxy) is 2. The van der Waals surface area contributed by atoms with E-state index >= 15 is 0 Å². The van der Waals surface area contributed by atoms with Gasteiger partial charge in [-0.25, -0.2) is 4.39 Å². The first-order chi connectivity index (χ1) is 18.4. The summed E-state index contributed by atoms with van der Waals surface area (Å²) in [5.74, 6) is -0.142. The Morgan fingerprint density at radius 3 is 2.50 bits per heavy atom. The third kappa shape index (κ3) is 6.25. The molecule has 3 aromatic rings. The average Bonchev–Trinajstić information content (AvgIpc) is 3.61. The van der Waals surface area contributed by atoms with E-state index in [-0.39, 0.29) is 37.5 Å². The predicted octanol–water partition coefficient (Wildman–Crippen LogP) is 2.12. The van der Waals surface area contributed by atoms with Crippen LogP contribution in [0.1, 0.15) is 37.3 Å². The molecule has 1 atom stereocenters. The average molecular weight is 527 g/mol. The van der Waals surface area contributed by atoms with Gasteiger partial charge in [0.05, 0.1) is 20.8 Å². The monoisotopic (exact) mass is 526 g/mol. The van der Waals surface area contributed by atoms with Gasteiger partial charge in [0.2, 0.25) is 17.6 Å². The van der Waals surface area contributed by atoms with Crippen LogP contribution in [0.25, 0.3) is 11.4 Å². The zero-order valence-electron chi connectivity index (χ0n) is 21.3. The largest absolute Gasteiger partial charge is 0.493 e. The van der Waals surface area contributed by atoms with Gasteiger partial charge in [0.1, 0.15) is 18.4 Å². The summed E-state index contributed by atoms with van der Waals surface area (Å²) in [6.07, 6.45) is 3.79. The lowest BCUT2D eigenvalue weighted by Gasteiger charge is -2.32. The van der Waals surface area contributed by atoms with E-state index in [9.17, 15) is 19.1 Å². The summed E-state index contributed by atoms with van der Waals surface area (Å²) in [6, 6.07) is 9.56. The van der Waals surface area contributed by atoms with E-state index in [1.807, 2.05) is 0 Å². The van der Waals surface area contributed by atoms with Crippen LogP contribution in [-0.2, 0) is 16.1 Å². The second-order valence-corrected chi connectivity index (χ2v) is 8.97. The van der Waals surface area contributed by atoms with Gasteiger partial charge in [-0.15, -0.1) is 10.2 Å². The van der Waals surface area contributed by atoms with E-state index in [1.54, 1.807) is 18.2 Å². The zero-order chi connectivity index (χ0) is 27.1. The second-order valence-electron chi connectivity index (χ2n) is 8.97. The lowest BCUT2D eigenvalue weighted by molar-refractivity contribution is -0.142. The molecule has 0 radical (unpaired) electrons. The fraction of sp³-hybridized carbons (Fsp3) is 0.423.